The molecule has 0 amide bonds. The Hall–Kier alpha value is -2.83. The first-order chi connectivity index (χ1) is 11.0. The van der Waals surface area contributed by atoms with Gasteiger partial charge in [0, 0.05) is 6.42 Å². The molecule has 0 aromatic carbocycles. The number of hydrogen-bond donors (Lipinski definition) is 2. The van der Waals surface area contributed by atoms with Crippen molar-refractivity contribution in [3.8, 4) is 0 Å². The van der Waals surface area contributed by atoms with E-state index in [4.69, 9.17) is 0 Å². The molecule has 0 saturated heterocycles. The van der Waals surface area contributed by atoms with Crippen molar-refractivity contribution >= 4 is 12.2 Å². The first-order valence-corrected chi connectivity index (χ1v) is 7.12. The first-order valence-electron chi connectivity index (χ1n) is 7.12. The van der Waals surface area contributed by atoms with Crippen molar-refractivity contribution in [2.75, 3.05) is 0 Å². The maximum Gasteiger partial charge on any atom is 0.335 e. The van der Waals surface area contributed by atoms with Crippen LogP contribution in [0.1, 0.15) is 44.7 Å². The lowest BCUT2D eigenvalue weighted by molar-refractivity contribution is 0.236. The van der Waals surface area contributed by atoms with Crippen LogP contribution < -0.4 is 17.1 Å². The van der Waals surface area contributed by atoms with Crippen LogP contribution in [-0.4, -0.2) is 32.2 Å². The average molecular weight is 321 g/mol. The Morgan fingerprint density at radius 2 is 1.65 bits per heavy atom. The summed E-state index contributed by atoms with van der Waals surface area (Å²) in [5.74, 6) is 0. The topological polar surface area (TPSA) is 147 Å². The molecule has 0 aliphatic heterocycles. The fraction of sp³-hybridized carbons (Fsp3) is 0.615. The zero-order chi connectivity index (χ0) is 16.9. The van der Waals surface area contributed by atoms with Crippen LogP contribution in [0.3, 0.4) is 0 Å². The summed E-state index contributed by atoms with van der Waals surface area (Å²) < 4.78 is 0.614. The Bertz CT molecular complexity index is 797. The highest BCUT2D eigenvalue weighted by Gasteiger charge is 2.36. The van der Waals surface area contributed by atoms with Gasteiger partial charge in [-0.1, -0.05) is 19.3 Å². The average Bonchev–Trinajstić information content (AvgIpc) is 2.47. The van der Waals surface area contributed by atoms with Gasteiger partial charge in [-0.25, -0.2) is 28.5 Å². The van der Waals surface area contributed by atoms with E-state index in [0.29, 0.717) is 17.4 Å². The third-order valence-electron chi connectivity index (χ3n) is 4.01. The van der Waals surface area contributed by atoms with Crippen molar-refractivity contribution in [3.05, 3.63) is 31.5 Å². The Morgan fingerprint density at radius 1 is 1.04 bits per heavy atom. The Balaban J connectivity index is 2.49. The van der Waals surface area contributed by atoms with Gasteiger partial charge >= 0.3 is 17.1 Å². The summed E-state index contributed by atoms with van der Waals surface area (Å²) in [6, 6.07) is 0. The third kappa shape index (κ3) is 3.68. The smallest absolute Gasteiger partial charge is 0.259 e. The van der Waals surface area contributed by atoms with Crippen molar-refractivity contribution in [2.45, 2.75) is 50.2 Å². The van der Waals surface area contributed by atoms with E-state index >= 15 is 0 Å². The van der Waals surface area contributed by atoms with E-state index in [2.05, 4.69) is 9.98 Å². The van der Waals surface area contributed by atoms with Crippen LogP contribution in [0.4, 0.5) is 0 Å². The summed E-state index contributed by atoms with van der Waals surface area (Å²) in [6.45, 7) is 0. The number of aromatic amines is 2. The number of H-pyrrole nitrogens is 2. The minimum Gasteiger partial charge on any atom is -0.259 e. The Kier molecular flexibility index (Phi) is 5.00. The standard InChI is InChI=1S/C13H15N5O5/c19-7-14-9(18-11(22)16-10(21)17-12(18)23)6-13(15-8-20)4-2-1-3-5-13/h9H,1-6H2,(H2,16,17,21,22,23). The van der Waals surface area contributed by atoms with Crippen molar-refractivity contribution < 1.29 is 9.59 Å². The SMILES string of the molecule is O=C=NC(CC1(N=C=O)CCCCC1)n1c(=O)[nH]c(=O)[nH]c1=O. The van der Waals surface area contributed by atoms with E-state index in [-0.39, 0.29) is 6.42 Å². The third-order valence-corrected chi connectivity index (χ3v) is 4.01. The Labute approximate surface area is 129 Å². The van der Waals surface area contributed by atoms with Crippen LogP contribution in [0, 0.1) is 0 Å². The molecular formula is C13H15N5O5. The predicted octanol–water partition coefficient (Wildman–Crippen LogP) is -0.512. The second kappa shape index (κ2) is 6.95. The largest absolute Gasteiger partial charge is 0.335 e. The molecule has 1 heterocycles. The quantitative estimate of drug-likeness (QED) is 0.553. The number of nitrogens with one attached hydrogen (secondary N) is 2. The summed E-state index contributed by atoms with van der Waals surface area (Å²) in [6.07, 6.45) is 5.35. The number of nitrogens with zero attached hydrogens (tertiary/aromatic N) is 3. The minimum atomic E-state index is -1.21. The van der Waals surface area contributed by atoms with Gasteiger partial charge in [-0.15, -0.1) is 0 Å². The fourth-order valence-electron chi connectivity index (χ4n) is 2.97. The number of isocyanates is 2. The molecule has 1 unspecified atom stereocenters. The molecule has 1 fully saturated rings. The van der Waals surface area contributed by atoms with Crippen LogP contribution in [0.15, 0.2) is 24.4 Å². The van der Waals surface area contributed by atoms with E-state index in [1.807, 2.05) is 9.97 Å². The molecular weight excluding hydrogens is 306 g/mol. The number of rotatable bonds is 5. The summed E-state index contributed by atoms with van der Waals surface area (Å²) in [5.41, 5.74) is -3.79. The molecule has 2 N–H and O–H groups in total. The highest BCUT2D eigenvalue weighted by Crippen LogP contribution is 2.37. The molecule has 0 spiro atoms. The monoisotopic (exact) mass is 321 g/mol. The summed E-state index contributed by atoms with van der Waals surface area (Å²) in [5, 5.41) is 0. The lowest BCUT2D eigenvalue weighted by Crippen LogP contribution is -2.46. The van der Waals surface area contributed by atoms with Gasteiger partial charge in [0.25, 0.3) is 0 Å². The highest BCUT2D eigenvalue weighted by atomic mass is 16.2. The number of carbonyl (C=O) groups excluding carboxylic acids is 2. The van der Waals surface area contributed by atoms with Crippen molar-refractivity contribution in [1.82, 2.24) is 14.5 Å². The van der Waals surface area contributed by atoms with Gasteiger partial charge in [0.1, 0.15) is 6.17 Å². The minimum absolute atomic E-state index is 0.00743. The van der Waals surface area contributed by atoms with E-state index in [1.165, 1.54) is 12.2 Å². The zero-order valence-corrected chi connectivity index (χ0v) is 12.2. The maximum absolute atomic E-state index is 11.9. The molecule has 122 valence electrons. The van der Waals surface area contributed by atoms with Gasteiger partial charge in [0.05, 0.1) is 5.54 Å². The van der Waals surface area contributed by atoms with Gasteiger partial charge in [-0.3, -0.25) is 9.97 Å². The maximum atomic E-state index is 11.9. The molecule has 1 aromatic rings. The number of aliphatic imine (C=N–C) groups is 2. The van der Waals surface area contributed by atoms with Crippen LogP contribution >= 0.6 is 0 Å². The van der Waals surface area contributed by atoms with E-state index < -0.39 is 28.8 Å². The van der Waals surface area contributed by atoms with Gasteiger partial charge in [0.2, 0.25) is 12.2 Å². The van der Waals surface area contributed by atoms with Crippen LogP contribution in [-0.2, 0) is 9.59 Å². The molecule has 10 heteroatoms. The summed E-state index contributed by atoms with van der Waals surface area (Å²) >= 11 is 0. The summed E-state index contributed by atoms with van der Waals surface area (Å²) in [4.78, 5) is 67.4. The molecule has 1 saturated carbocycles. The molecule has 1 atom stereocenters. The second-order valence-electron chi connectivity index (χ2n) is 5.45. The van der Waals surface area contributed by atoms with E-state index in [1.54, 1.807) is 0 Å². The van der Waals surface area contributed by atoms with Crippen LogP contribution in [0.2, 0.25) is 0 Å². The lowest BCUT2D eigenvalue weighted by Gasteiger charge is -2.33. The first kappa shape index (κ1) is 16.5. The number of hydrogen-bond acceptors (Lipinski definition) is 7. The molecule has 2 rings (SSSR count). The molecule has 23 heavy (non-hydrogen) atoms. The normalized spacial score (nSPS) is 17.6. The predicted molar refractivity (Wildman–Crippen MR) is 77.7 cm³/mol. The zero-order valence-electron chi connectivity index (χ0n) is 12.2. The molecule has 10 nitrogen and oxygen atoms in total. The van der Waals surface area contributed by atoms with Crippen LogP contribution in [0.5, 0.6) is 0 Å². The molecule has 1 aliphatic rings. The van der Waals surface area contributed by atoms with E-state index in [9.17, 15) is 24.0 Å². The number of aromatic nitrogens is 3. The molecule has 0 bridgehead atoms. The lowest BCUT2D eigenvalue weighted by atomic mass is 9.79. The van der Waals surface area contributed by atoms with Gasteiger partial charge in [-0.2, -0.15) is 9.98 Å². The van der Waals surface area contributed by atoms with Crippen molar-refractivity contribution in [2.24, 2.45) is 9.98 Å². The molecule has 1 aliphatic carbocycles. The highest BCUT2D eigenvalue weighted by molar-refractivity contribution is 5.35. The van der Waals surface area contributed by atoms with Gasteiger partial charge in [0.15, 0.2) is 0 Å². The van der Waals surface area contributed by atoms with Crippen molar-refractivity contribution in [1.29, 1.82) is 0 Å². The molecule has 1 aromatic heterocycles. The fourth-order valence-corrected chi connectivity index (χ4v) is 2.97. The Morgan fingerprint density at radius 3 is 2.17 bits per heavy atom. The second-order valence-corrected chi connectivity index (χ2v) is 5.45. The van der Waals surface area contributed by atoms with Crippen molar-refractivity contribution in [3.63, 3.8) is 0 Å². The van der Waals surface area contributed by atoms with Gasteiger partial charge in [-0.05, 0) is 12.8 Å². The van der Waals surface area contributed by atoms with Crippen LogP contribution in [0.25, 0.3) is 0 Å². The van der Waals surface area contributed by atoms with E-state index in [0.717, 1.165) is 19.3 Å². The molecule has 0 radical (unpaired) electrons. The summed E-state index contributed by atoms with van der Waals surface area (Å²) in [7, 11) is 0. The van der Waals surface area contributed by atoms with Gasteiger partial charge < -0.3 is 0 Å².